The number of aromatic nitrogens is 5. The van der Waals surface area contributed by atoms with Crippen molar-refractivity contribution in [2.45, 2.75) is 37.9 Å². The third kappa shape index (κ3) is 5.35. The summed E-state index contributed by atoms with van der Waals surface area (Å²) >= 11 is 1.50. The SMILES string of the molecule is Cc1nc(SCCNC(=O)Nc2ccnn2CC2CC=CCC2)n[nH]1. The summed E-state index contributed by atoms with van der Waals surface area (Å²) in [6.45, 7) is 3.22. The van der Waals surface area contributed by atoms with E-state index in [0.717, 1.165) is 31.0 Å². The summed E-state index contributed by atoms with van der Waals surface area (Å²) in [5.74, 6) is 2.80. The summed E-state index contributed by atoms with van der Waals surface area (Å²) in [4.78, 5) is 16.3. The first-order valence-corrected chi connectivity index (χ1v) is 9.43. The number of amides is 2. The van der Waals surface area contributed by atoms with Crippen LogP contribution >= 0.6 is 11.8 Å². The predicted molar refractivity (Wildman–Crippen MR) is 97.6 cm³/mol. The zero-order valence-corrected chi connectivity index (χ0v) is 15.1. The minimum absolute atomic E-state index is 0.225. The van der Waals surface area contributed by atoms with Crippen molar-refractivity contribution in [1.29, 1.82) is 0 Å². The van der Waals surface area contributed by atoms with E-state index in [9.17, 15) is 4.79 Å². The number of urea groups is 1. The third-order valence-electron chi connectivity index (χ3n) is 3.96. The van der Waals surface area contributed by atoms with Gasteiger partial charge in [0.2, 0.25) is 5.16 Å². The second-order valence-corrected chi connectivity index (χ2v) is 7.04. The molecule has 25 heavy (non-hydrogen) atoms. The van der Waals surface area contributed by atoms with Crippen molar-refractivity contribution in [3.05, 3.63) is 30.2 Å². The van der Waals surface area contributed by atoms with Crippen LogP contribution in [-0.2, 0) is 6.54 Å². The standard InChI is InChI=1S/C16H23N7OS/c1-12-19-16(22-21-12)25-10-9-17-15(24)20-14-7-8-18-23(14)11-13-5-3-2-4-6-13/h2-3,7-8,13H,4-6,9-11H2,1H3,(H2,17,20,24)(H,19,21,22). The molecular formula is C16H23N7OS. The molecule has 2 amide bonds. The van der Waals surface area contributed by atoms with Crippen molar-refractivity contribution < 1.29 is 4.79 Å². The van der Waals surface area contributed by atoms with Crippen LogP contribution in [-0.4, -0.2) is 43.3 Å². The fraction of sp³-hybridized carbons (Fsp3) is 0.500. The highest BCUT2D eigenvalue weighted by atomic mass is 32.2. The van der Waals surface area contributed by atoms with Crippen LogP contribution < -0.4 is 10.6 Å². The van der Waals surface area contributed by atoms with Crippen LogP contribution in [0.1, 0.15) is 25.1 Å². The van der Waals surface area contributed by atoms with Crippen molar-refractivity contribution in [2.24, 2.45) is 5.92 Å². The van der Waals surface area contributed by atoms with Crippen LogP contribution in [0.4, 0.5) is 10.6 Å². The lowest BCUT2D eigenvalue weighted by atomic mass is 9.94. The molecule has 2 heterocycles. The zero-order valence-electron chi connectivity index (χ0n) is 14.2. The molecule has 1 unspecified atom stereocenters. The molecule has 2 aromatic heterocycles. The van der Waals surface area contributed by atoms with E-state index in [1.54, 1.807) is 6.20 Å². The molecule has 3 N–H and O–H groups in total. The highest BCUT2D eigenvalue weighted by molar-refractivity contribution is 7.99. The Morgan fingerprint density at radius 3 is 3.16 bits per heavy atom. The van der Waals surface area contributed by atoms with Gasteiger partial charge < -0.3 is 5.32 Å². The molecule has 2 aromatic rings. The lowest BCUT2D eigenvalue weighted by Gasteiger charge is -2.19. The van der Waals surface area contributed by atoms with Gasteiger partial charge in [-0.25, -0.2) is 14.5 Å². The summed E-state index contributed by atoms with van der Waals surface area (Å²) in [5, 5.41) is 17.6. The van der Waals surface area contributed by atoms with E-state index >= 15 is 0 Å². The monoisotopic (exact) mass is 361 g/mol. The van der Waals surface area contributed by atoms with E-state index in [1.165, 1.54) is 18.2 Å². The summed E-state index contributed by atoms with van der Waals surface area (Å²) in [5.41, 5.74) is 0. The molecule has 8 nitrogen and oxygen atoms in total. The van der Waals surface area contributed by atoms with Gasteiger partial charge in [0.05, 0.1) is 6.20 Å². The maximum absolute atomic E-state index is 12.0. The maximum atomic E-state index is 12.0. The van der Waals surface area contributed by atoms with E-state index in [2.05, 4.69) is 43.1 Å². The Labute approximate surface area is 150 Å². The Kier molecular flexibility index (Phi) is 6.10. The predicted octanol–water partition coefficient (Wildman–Crippen LogP) is 2.58. The van der Waals surface area contributed by atoms with Gasteiger partial charge in [-0.2, -0.15) is 5.10 Å². The van der Waals surface area contributed by atoms with Gasteiger partial charge in [-0.15, -0.1) is 5.10 Å². The average Bonchev–Trinajstić information content (AvgIpc) is 3.22. The Morgan fingerprint density at radius 2 is 2.40 bits per heavy atom. The number of allylic oxidation sites excluding steroid dienone is 2. The Morgan fingerprint density at radius 1 is 1.48 bits per heavy atom. The lowest BCUT2D eigenvalue weighted by Crippen LogP contribution is -2.31. The topological polar surface area (TPSA) is 101 Å². The molecule has 134 valence electrons. The van der Waals surface area contributed by atoms with Crippen molar-refractivity contribution in [3.8, 4) is 0 Å². The number of anilines is 1. The van der Waals surface area contributed by atoms with Gasteiger partial charge in [-0.05, 0) is 32.1 Å². The lowest BCUT2D eigenvalue weighted by molar-refractivity contribution is 0.252. The van der Waals surface area contributed by atoms with Crippen molar-refractivity contribution >= 4 is 23.6 Å². The van der Waals surface area contributed by atoms with Gasteiger partial charge in [0, 0.05) is 24.9 Å². The number of carbonyl (C=O) groups is 1. The number of thioether (sulfide) groups is 1. The first kappa shape index (κ1) is 17.5. The number of rotatable bonds is 7. The molecule has 3 rings (SSSR count). The molecule has 0 fully saturated rings. The first-order valence-electron chi connectivity index (χ1n) is 8.44. The first-order chi connectivity index (χ1) is 12.2. The van der Waals surface area contributed by atoms with Gasteiger partial charge in [0.15, 0.2) is 0 Å². The molecule has 1 aliphatic carbocycles. The van der Waals surface area contributed by atoms with Crippen LogP contribution in [0.5, 0.6) is 0 Å². The quantitative estimate of drug-likeness (QED) is 0.400. The average molecular weight is 361 g/mol. The largest absolute Gasteiger partial charge is 0.337 e. The van der Waals surface area contributed by atoms with Gasteiger partial charge in [-0.3, -0.25) is 10.4 Å². The van der Waals surface area contributed by atoms with Gasteiger partial charge in [-0.1, -0.05) is 23.9 Å². The van der Waals surface area contributed by atoms with E-state index in [4.69, 9.17) is 0 Å². The number of aryl methyl sites for hydroxylation is 1. The van der Waals surface area contributed by atoms with Crippen LogP contribution in [0.15, 0.2) is 29.6 Å². The van der Waals surface area contributed by atoms with Crippen LogP contribution in [0.25, 0.3) is 0 Å². The highest BCUT2D eigenvalue weighted by Crippen LogP contribution is 2.21. The molecule has 0 radical (unpaired) electrons. The fourth-order valence-electron chi connectivity index (χ4n) is 2.71. The molecule has 0 bridgehead atoms. The van der Waals surface area contributed by atoms with Gasteiger partial charge in [0.25, 0.3) is 0 Å². The Balaban J connectivity index is 1.40. The molecule has 1 aliphatic rings. The number of nitrogens with zero attached hydrogens (tertiary/aromatic N) is 4. The van der Waals surface area contributed by atoms with Crippen molar-refractivity contribution in [2.75, 3.05) is 17.6 Å². The zero-order chi connectivity index (χ0) is 17.5. The minimum atomic E-state index is -0.225. The molecule has 0 aliphatic heterocycles. The molecule has 0 saturated heterocycles. The third-order valence-corrected chi connectivity index (χ3v) is 4.81. The normalized spacial score (nSPS) is 16.8. The van der Waals surface area contributed by atoms with E-state index in [-0.39, 0.29) is 6.03 Å². The smallest absolute Gasteiger partial charge is 0.320 e. The van der Waals surface area contributed by atoms with E-state index < -0.39 is 0 Å². The second-order valence-electron chi connectivity index (χ2n) is 5.98. The number of carbonyl (C=O) groups excluding carboxylic acids is 1. The molecule has 9 heteroatoms. The number of hydrogen-bond donors (Lipinski definition) is 3. The van der Waals surface area contributed by atoms with Gasteiger partial charge in [0.1, 0.15) is 11.6 Å². The van der Waals surface area contributed by atoms with Crippen LogP contribution in [0.3, 0.4) is 0 Å². The molecular weight excluding hydrogens is 338 g/mol. The van der Waals surface area contributed by atoms with E-state index in [1.807, 2.05) is 17.7 Å². The fourth-order valence-corrected chi connectivity index (χ4v) is 3.40. The number of H-pyrrole nitrogens is 1. The minimum Gasteiger partial charge on any atom is -0.337 e. The summed E-state index contributed by atoms with van der Waals surface area (Å²) in [7, 11) is 0. The van der Waals surface area contributed by atoms with Crippen LogP contribution in [0, 0.1) is 12.8 Å². The summed E-state index contributed by atoms with van der Waals surface area (Å²) in [6.07, 6.45) is 9.53. The number of hydrogen-bond acceptors (Lipinski definition) is 5. The maximum Gasteiger partial charge on any atom is 0.320 e. The van der Waals surface area contributed by atoms with E-state index in [0.29, 0.717) is 23.4 Å². The highest BCUT2D eigenvalue weighted by Gasteiger charge is 2.14. The van der Waals surface area contributed by atoms with Crippen molar-refractivity contribution in [1.82, 2.24) is 30.3 Å². The number of aromatic amines is 1. The number of nitrogens with one attached hydrogen (secondary N) is 3. The van der Waals surface area contributed by atoms with Crippen molar-refractivity contribution in [3.63, 3.8) is 0 Å². The molecule has 0 saturated carbocycles. The Bertz CT molecular complexity index is 724. The molecule has 0 aromatic carbocycles. The molecule has 0 spiro atoms. The van der Waals surface area contributed by atoms with Gasteiger partial charge >= 0.3 is 6.03 Å². The Hall–Kier alpha value is -2.29. The second kappa shape index (κ2) is 8.70. The van der Waals surface area contributed by atoms with Crippen LogP contribution in [0.2, 0.25) is 0 Å². The summed E-state index contributed by atoms with van der Waals surface area (Å²) < 4.78 is 1.87. The molecule has 1 atom stereocenters. The summed E-state index contributed by atoms with van der Waals surface area (Å²) in [6, 6.07) is 1.60.